The van der Waals surface area contributed by atoms with Crippen LogP contribution in [0.15, 0.2) is 18.2 Å². The molecule has 0 fully saturated rings. The monoisotopic (exact) mass is 373 g/mol. The molecule has 2 aromatic rings. The van der Waals surface area contributed by atoms with Crippen molar-refractivity contribution in [1.29, 1.82) is 0 Å². The molecule has 1 atom stereocenters. The van der Waals surface area contributed by atoms with Crippen LogP contribution in [0.1, 0.15) is 49.2 Å². The van der Waals surface area contributed by atoms with E-state index in [1.165, 1.54) is 16.2 Å². The molecule has 138 valence electrons. The summed E-state index contributed by atoms with van der Waals surface area (Å²) in [6.07, 6.45) is 0.825. The van der Waals surface area contributed by atoms with E-state index in [-0.39, 0.29) is 11.9 Å². The highest BCUT2D eigenvalue weighted by Crippen LogP contribution is 2.35. The van der Waals surface area contributed by atoms with E-state index < -0.39 is 0 Å². The molecule has 5 nitrogen and oxygen atoms in total. The van der Waals surface area contributed by atoms with Crippen molar-refractivity contribution in [2.24, 2.45) is 0 Å². The van der Waals surface area contributed by atoms with Crippen molar-refractivity contribution in [3.63, 3.8) is 0 Å². The molecule has 2 N–H and O–H groups in total. The van der Waals surface area contributed by atoms with Crippen molar-refractivity contribution in [3.8, 4) is 0 Å². The lowest BCUT2D eigenvalue weighted by Gasteiger charge is -2.19. The number of rotatable bonds is 4. The highest BCUT2D eigenvalue weighted by molar-refractivity contribution is 7.17. The van der Waals surface area contributed by atoms with Gasteiger partial charge < -0.3 is 15.0 Å². The van der Waals surface area contributed by atoms with E-state index in [9.17, 15) is 9.59 Å². The van der Waals surface area contributed by atoms with Crippen molar-refractivity contribution >= 4 is 28.2 Å². The zero-order valence-electron chi connectivity index (χ0n) is 15.7. The maximum absolute atomic E-state index is 12.7. The summed E-state index contributed by atoms with van der Waals surface area (Å²) < 4.78 is 5.25. The van der Waals surface area contributed by atoms with Crippen LogP contribution < -0.4 is 10.2 Å². The van der Waals surface area contributed by atoms with Gasteiger partial charge in [0.15, 0.2) is 0 Å². The second-order valence-electron chi connectivity index (χ2n) is 6.82. The number of esters is 1. The number of amides is 1. The highest BCUT2D eigenvalue weighted by Gasteiger charge is 2.30. The van der Waals surface area contributed by atoms with Gasteiger partial charge in [0.05, 0.1) is 30.6 Å². The number of hydrogen-bond donors (Lipinski definition) is 2. The SMILES string of the molecule is CCOC(=O)c1c(NC(=O)c2ccc(C)c(C)c2)sc2c1CC[NH+](C)C2. The molecule has 0 radical (unpaired) electrons. The Kier molecular flexibility index (Phi) is 5.44. The highest BCUT2D eigenvalue weighted by atomic mass is 32.1. The van der Waals surface area contributed by atoms with Gasteiger partial charge in [-0.2, -0.15) is 0 Å². The van der Waals surface area contributed by atoms with Crippen LogP contribution in [0.2, 0.25) is 0 Å². The first-order valence-corrected chi connectivity index (χ1v) is 9.74. The summed E-state index contributed by atoms with van der Waals surface area (Å²) >= 11 is 1.50. The molecule has 6 heteroatoms. The number of likely N-dealkylation sites (N-methyl/N-ethyl adjacent to an activating group) is 1. The Labute approximate surface area is 158 Å². The molecule has 0 bridgehead atoms. The second kappa shape index (κ2) is 7.60. The molecule has 0 spiro atoms. The van der Waals surface area contributed by atoms with E-state index in [2.05, 4.69) is 12.4 Å². The second-order valence-corrected chi connectivity index (χ2v) is 7.92. The molecule has 0 saturated heterocycles. The summed E-state index contributed by atoms with van der Waals surface area (Å²) in [6.45, 7) is 7.95. The van der Waals surface area contributed by atoms with E-state index in [0.29, 0.717) is 22.7 Å². The molecule has 0 aliphatic carbocycles. The lowest BCUT2D eigenvalue weighted by molar-refractivity contribution is -0.895. The Balaban J connectivity index is 1.94. The molecule has 1 aliphatic rings. The number of carbonyl (C=O) groups excluding carboxylic acids is 2. The largest absolute Gasteiger partial charge is 0.462 e. The Morgan fingerprint density at radius 1 is 1.27 bits per heavy atom. The molecule has 3 rings (SSSR count). The van der Waals surface area contributed by atoms with E-state index in [0.717, 1.165) is 41.1 Å². The number of thiophene rings is 1. The zero-order chi connectivity index (χ0) is 18.8. The molecule has 0 saturated carbocycles. The van der Waals surface area contributed by atoms with Crippen molar-refractivity contribution in [2.45, 2.75) is 33.7 Å². The topological polar surface area (TPSA) is 59.8 Å². The van der Waals surface area contributed by atoms with Gasteiger partial charge in [-0.1, -0.05) is 6.07 Å². The van der Waals surface area contributed by atoms with Gasteiger partial charge in [-0.3, -0.25) is 4.79 Å². The van der Waals surface area contributed by atoms with Gasteiger partial charge in [0.1, 0.15) is 11.5 Å². The predicted octanol–water partition coefficient (Wildman–Crippen LogP) is 2.36. The standard InChI is InChI=1S/C20H24N2O3S/c1-5-25-20(24)17-15-8-9-22(4)11-16(15)26-19(17)21-18(23)14-7-6-12(2)13(3)10-14/h6-7,10H,5,8-9,11H2,1-4H3,(H,21,23)/p+1. The number of benzene rings is 1. The van der Waals surface area contributed by atoms with Crippen LogP contribution in [0.25, 0.3) is 0 Å². The number of hydrogen-bond acceptors (Lipinski definition) is 4. The van der Waals surface area contributed by atoms with Crippen molar-refractivity contribution in [2.75, 3.05) is 25.5 Å². The van der Waals surface area contributed by atoms with Gasteiger partial charge in [-0.25, -0.2) is 4.79 Å². The third kappa shape index (κ3) is 3.66. The summed E-state index contributed by atoms with van der Waals surface area (Å²) in [4.78, 5) is 27.8. The molecule has 1 amide bonds. The minimum absolute atomic E-state index is 0.196. The molecular formula is C20H25N2O3S+. The van der Waals surface area contributed by atoms with Crippen molar-refractivity contribution < 1.29 is 19.2 Å². The third-order valence-corrected chi connectivity index (χ3v) is 5.98. The van der Waals surface area contributed by atoms with Crippen LogP contribution in [-0.4, -0.2) is 32.1 Å². The number of anilines is 1. The van der Waals surface area contributed by atoms with E-state index in [4.69, 9.17) is 4.74 Å². The van der Waals surface area contributed by atoms with Crippen LogP contribution in [0, 0.1) is 13.8 Å². The van der Waals surface area contributed by atoms with Crippen LogP contribution in [0.4, 0.5) is 5.00 Å². The fraction of sp³-hybridized carbons (Fsp3) is 0.400. The summed E-state index contributed by atoms with van der Waals surface area (Å²) in [5, 5.41) is 3.56. The number of aryl methyl sites for hydroxylation is 2. The Bertz CT molecular complexity index is 857. The third-order valence-electron chi connectivity index (χ3n) is 4.83. The van der Waals surface area contributed by atoms with Crippen molar-refractivity contribution in [3.05, 3.63) is 50.9 Å². The first-order valence-electron chi connectivity index (χ1n) is 8.92. The molecule has 1 aliphatic heterocycles. The Morgan fingerprint density at radius 2 is 2.04 bits per heavy atom. The minimum Gasteiger partial charge on any atom is -0.462 e. The molecular weight excluding hydrogens is 348 g/mol. The van der Waals surface area contributed by atoms with E-state index in [1.807, 2.05) is 32.0 Å². The number of nitrogens with one attached hydrogen (secondary N) is 2. The predicted molar refractivity (Wildman–Crippen MR) is 103 cm³/mol. The number of carbonyl (C=O) groups is 2. The maximum atomic E-state index is 12.7. The maximum Gasteiger partial charge on any atom is 0.341 e. The van der Waals surface area contributed by atoms with E-state index >= 15 is 0 Å². The zero-order valence-corrected chi connectivity index (χ0v) is 16.5. The fourth-order valence-corrected chi connectivity index (χ4v) is 4.53. The quantitative estimate of drug-likeness (QED) is 0.809. The number of quaternary nitrogens is 1. The van der Waals surface area contributed by atoms with Crippen LogP contribution in [-0.2, 0) is 17.7 Å². The number of ether oxygens (including phenoxy) is 1. The normalized spacial score (nSPS) is 16.1. The van der Waals surface area contributed by atoms with Crippen LogP contribution in [0.5, 0.6) is 0 Å². The lowest BCUT2D eigenvalue weighted by Crippen LogP contribution is -3.08. The molecule has 2 heterocycles. The average molecular weight is 373 g/mol. The van der Waals surface area contributed by atoms with Gasteiger partial charge in [0, 0.05) is 12.0 Å². The van der Waals surface area contributed by atoms with Gasteiger partial charge in [0.2, 0.25) is 0 Å². The molecule has 1 aromatic carbocycles. The Morgan fingerprint density at radius 3 is 2.73 bits per heavy atom. The smallest absolute Gasteiger partial charge is 0.341 e. The fourth-order valence-electron chi connectivity index (χ4n) is 3.19. The Hall–Kier alpha value is -2.18. The van der Waals surface area contributed by atoms with Gasteiger partial charge in [-0.15, -0.1) is 11.3 Å². The average Bonchev–Trinajstić information content (AvgIpc) is 2.94. The first kappa shape index (κ1) is 18.6. The van der Waals surface area contributed by atoms with E-state index in [1.54, 1.807) is 6.92 Å². The lowest BCUT2D eigenvalue weighted by atomic mass is 10.0. The van der Waals surface area contributed by atoms with Gasteiger partial charge in [-0.05, 0) is 49.6 Å². The summed E-state index contributed by atoms with van der Waals surface area (Å²) in [7, 11) is 2.14. The van der Waals surface area contributed by atoms with Gasteiger partial charge >= 0.3 is 5.97 Å². The number of fused-ring (bicyclic) bond motifs is 1. The molecule has 26 heavy (non-hydrogen) atoms. The van der Waals surface area contributed by atoms with Gasteiger partial charge in [0.25, 0.3) is 5.91 Å². The minimum atomic E-state index is -0.347. The summed E-state index contributed by atoms with van der Waals surface area (Å²) in [6, 6.07) is 5.63. The molecule has 1 aromatic heterocycles. The summed E-state index contributed by atoms with van der Waals surface area (Å²) in [5.41, 5.74) is 4.38. The first-order chi connectivity index (χ1) is 12.4. The van der Waals surface area contributed by atoms with Crippen LogP contribution in [0.3, 0.4) is 0 Å². The van der Waals surface area contributed by atoms with Crippen LogP contribution >= 0.6 is 11.3 Å². The molecule has 1 unspecified atom stereocenters. The van der Waals surface area contributed by atoms with Crippen molar-refractivity contribution in [1.82, 2.24) is 0 Å². The summed E-state index contributed by atoms with van der Waals surface area (Å²) in [5.74, 6) is -0.544.